The van der Waals surface area contributed by atoms with Gasteiger partial charge in [-0.2, -0.15) is 0 Å². The standard InChI is InChI=1S/C19H21NO7/c1-24-15-8-14(9-16(25-2)18(15)26-3)20-17(22)11-27-19(23)13-6-4-12(10-21)5-7-13/h4-9,21H,10-11H2,1-3H3,(H,20,22). The van der Waals surface area contributed by atoms with Crippen molar-refractivity contribution in [2.45, 2.75) is 6.61 Å². The molecule has 144 valence electrons. The van der Waals surface area contributed by atoms with Crippen LogP contribution in [-0.4, -0.2) is 44.9 Å². The van der Waals surface area contributed by atoms with Gasteiger partial charge in [0.25, 0.3) is 5.91 Å². The number of aliphatic hydroxyl groups is 1. The number of rotatable bonds is 8. The van der Waals surface area contributed by atoms with E-state index in [0.29, 0.717) is 28.5 Å². The number of amides is 1. The van der Waals surface area contributed by atoms with Crippen LogP contribution < -0.4 is 19.5 Å². The molecule has 2 rings (SSSR count). The summed E-state index contributed by atoms with van der Waals surface area (Å²) in [6, 6.07) is 9.37. The average molecular weight is 375 g/mol. The molecule has 0 aromatic heterocycles. The Balaban J connectivity index is 1.99. The fourth-order valence-corrected chi connectivity index (χ4v) is 2.31. The van der Waals surface area contributed by atoms with Crippen molar-refractivity contribution in [2.75, 3.05) is 33.3 Å². The molecule has 0 atom stereocenters. The number of nitrogens with one attached hydrogen (secondary N) is 1. The van der Waals surface area contributed by atoms with Crippen LogP contribution in [0.1, 0.15) is 15.9 Å². The summed E-state index contributed by atoms with van der Waals surface area (Å²) in [5, 5.41) is 11.6. The number of hydrogen-bond acceptors (Lipinski definition) is 7. The van der Waals surface area contributed by atoms with E-state index in [1.165, 1.54) is 33.5 Å². The first-order valence-corrected chi connectivity index (χ1v) is 7.99. The Kier molecular flexibility index (Phi) is 7.01. The Morgan fingerprint density at radius 3 is 2.04 bits per heavy atom. The molecule has 8 heteroatoms. The molecule has 0 bridgehead atoms. The zero-order valence-corrected chi connectivity index (χ0v) is 15.3. The molecule has 0 aliphatic carbocycles. The van der Waals surface area contributed by atoms with Crippen LogP contribution in [-0.2, 0) is 16.1 Å². The molecule has 2 aromatic rings. The second-order valence-electron chi connectivity index (χ2n) is 5.39. The first-order chi connectivity index (χ1) is 13.0. The number of esters is 1. The summed E-state index contributed by atoms with van der Waals surface area (Å²) in [7, 11) is 4.41. The number of methoxy groups -OCH3 is 3. The van der Waals surface area contributed by atoms with Gasteiger partial charge in [-0.25, -0.2) is 4.79 Å². The lowest BCUT2D eigenvalue weighted by Gasteiger charge is -2.14. The maximum absolute atomic E-state index is 12.1. The lowest BCUT2D eigenvalue weighted by Crippen LogP contribution is -2.21. The number of ether oxygens (including phenoxy) is 4. The lowest BCUT2D eigenvalue weighted by molar-refractivity contribution is -0.119. The molecular formula is C19H21NO7. The summed E-state index contributed by atoms with van der Waals surface area (Å²) < 4.78 is 20.6. The molecule has 0 aliphatic heterocycles. The topological polar surface area (TPSA) is 103 Å². The largest absolute Gasteiger partial charge is 0.493 e. The van der Waals surface area contributed by atoms with Gasteiger partial charge in [0.2, 0.25) is 5.75 Å². The van der Waals surface area contributed by atoms with E-state index >= 15 is 0 Å². The fraction of sp³-hybridized carbons (Fsp3) is 0.263. The third-order valence-electron chi connectivity index (χ3n) is 3.66. The van der Waals surface area contributed by atoms with Crippen molar-refractivity contribution in [1.82, 2.24) is 0 Å². The van der Waals surface area contributed by atoms with Gasteiger partial charge in [0, 0.05) is 17.8 Å². The predicted molar refractivity (Wildman–Crippen MR) is 97.4 cm³/mol. The summed E-state index contributed by atoms with van der Waals surface area (Å²) in [6.07, 6.45) is 0. The molecule has 0 fully saturated rings. The van der Waals surface area contributed by atoms with Crippen LogP contribution >= 0.6 is 0 Å². The number of aliphatic hydroxyl groups excluding tert-OH is 1. The smallest absolute Gasteiger partial charge is 0.338 e. The Bertz CT molecular complexity index is 777. The zero-order chi connectivity index (χ0) is 19.8. The molecule has 2 N–H and O–H groups in total. The fourth-order valence-electron chi connectivity index (χ4n) is 2.31. The Morgan fingerprint density at radius 2 is 1.56 bits per heavy atom. The van der Waals surface area contributed by atoms with Crippen LogP contribution in [0.2, 0.25) is 0 Å². The highest BCUT2D eigenvalue weighted by atomic mass is 16.5. The minimum absolute atomic E-state index is 0.119. The van der Waals surface area contributed by atoms with Gasteiger partial charge in [-0.05, 0) is 17.7 Å². The summed E-state index contributed by atoms with van der Waals surface area (Å²) in [4.78, 5) is 24.0. The maximum atomic E-state index is 12.1. The second-order valence-corrected chi connectivity index (χ2v) is 5.39. The maximum Gasteiger partial charge on any atom is 0.338 e. The quantitative estimate of drug-likeness (QED) is 0.680. The van der Waals surface area contributed by atoms with Gasteiger partial charge in [-0.3, -0.25) is 4.79 Å². The Hall–Kier alpha value is -3.26. The molecule has 0 radical (unpaired) electrons. The van der Waals surface area contributed by atoms with Crippen molar-refractivity contribution in [3.05, 3.63) is 47.5 Å². The van der Waals surface area contributed by atoms with E-state index in [9.17, 15) is 9.59 Å². The van der Waals surface area contributed by atoms with Crippen LogP contribution in [0.5, 0.6) is 17.2 Å². The summed E-state index contributed by atoms with van der Waals surface area (Å²) >= 11 is 0. The van der Waals surface area contributed by atoms with E-state index in [2.05, 4.69) is 5.32 Å². The third kappa shape index (κ3) is 5.11. The van der Waals surface area contributed by atoms with Crippen molar-refractivity contribution in [3.8, 4) is 17.2 Å². The minimum atomic E-state index is -0.639. The van der Waals surface area contributed by atoms with E-state index in [4.69, 9.17) is 24.1 Å². The van der Waals surface area contributed by atoms with Gasteiger partial charge in [-0.15, -0.1) is 0 Å². The normalized spacial score (nSPS) is 10.1. The van der Waals surface area contributed by atoms with Crippen molar-refractivity contribution in [1.29, 1.82) is 0 Å². The molecule has 0 unspecified atom stereocenters. The highest BCUT2D eigenvalue weighted by Gasteiger charge is 2.15. The molecule has 0 saturated carbocycles. The molecule has 1 amide bonds. The summed E-state index contributed by atoms with van der Waals surface area (Å²) in [6.45, 7) is -0.580. The van der Waals surface area contributed by atoms with Crippen molar-refractivity contribution >= 4 is 17.6 Å². The lowest BCUT2D eigenvalue weighted by atomic mass is 10.1. The van der Waals surface area contributed by atoms with Gasteiger partial charge in [-0.1, -0.05) is 12.1 Å². The van der Waals surface area contributed by atoms with Crippen LogP contribution in [0.25, 0.3) is 0 Å². The van der Waals surface area contributed by atoms with Gasteiger partial charge in [0.1, 0.15) is 0 Å². The highest BCUT2D eigenvalue weighted by Crippen LogP contribution is 2.39. The summed E-state index contributed by atoms with van der Waals surface area (Å²) in [5.41, 5.74) is 1.36. The second kappa shape index (κ2) is 9.44. The van der Waals surface area contributed by atoms with Crippen molar-refractivity contribution in [3.63, 3.8) is 0 Å². The van der Waals surface area contributed by atoms with Crippen LogP contribution in [0.15, 0.2) is 36.4 Å². The van der Waals surface area contributed by atoms with Gasteiger partial charge >= 0.3 is 5.97 Å². The van der Waals surface area contributed by atoms with E-state index in [0.717, 1.165) is 0 Å². The number of benzene rings is 2. The average Bonchev–Trinajstić information content (AvgIpc) is 2.71. The molecule has 0 spiro atoms. The molecule has 0 saturated heterocycles. The SMILES string of the molecule is COc1cc(NC(=O)COC(=O)c2ccc(CO)cc2)cc(OC)c1OC. The van der Waals surface area contributed by atoms with Crippen molar-refractivity contribution < 1.29 is 33.6 Å². The third-order valence-corrected chi connectivity index (χ3v) is 3.66. The number of carbonyl (C=O) groups excluding carboxylic acids is 2. The molecule has 8 nitrogen and oxygen atoms in total. The van der Waals surface area contributed by atoms with Crippen LogP contribution in [0.4, 0.5) is 5.69 Å². The van der Waals surface area contributed by atoms with Crippen LogP contribution in [0.3, 0.4) is 0 Å². The molecule has 27 heavy (non-hydrogen) atoms. The minimum Gasteiger partial charge on any atom is -0.493 e. The molecule has 0 aliphatic rings. The van der Waals surface area contributed by atoms with E-state index < -0.39 is 18.5 Å². The highest BCUT2D eigenvalue weighted by molar-refractivity contribution is 5.95. The van der Waals surface area contributed by atoms with Crippen LogP contribution in [0, 0.1) is 0 Å². The predicted octanol–water partition coefficient (Wildman–Crippen LogP) is 2.00. The molecular weight excluding hydrogens is 354 g/mol. The van der Waals surface area contributed by atoms with E-state index in [1.807, 2.05) is 0 Å². The van der Waals surface area contributed by atoms with Gasteiger partial charge in [0.15, 0.2) is 18.1 Å². The first-order valence-electron chi connectivity index (χ1n) is 7.99. The first kappa shape index (κ1) is 20.1. The van der Waals surface area contributed by atoms with E-state index in [-0.39, 0.29) is 12.2 Å². The summed E-state index contributed by atoms with van der Waals surface area (Å²) in [5.74, 6) is 0.00104. The van der Waals surface area contributed by atoms with E-state index in [1.54, 1.807) is 24.3 Å². The molecule has 2 aromatic carbocycles. The number of carbonyl (C=O) groups is 2. The monoisotopic (exact) mass is 375 g/mol. The molecule has 0 heterocycles. The van der Waals surface area contributed by atoms with Gasteiger partial charge < -0.3 is 29.4 Å². The van der Waals surface area contributed by atoms with Crippen molar-refractivity contribution in [2.24, 2.45) is 0 Å². The Labute approximate surface area is 156 Å². The Morgan fingerprint density at radius 1 is 0.963 bits per heavy atom. The number of hydrogen-bond donors (Lipinski definition) is 2. The zero-order valence-electron chi connectivity index (χ0n) is 15.3. The number of anilines is 1. The van der Waals surface area contributed by atoms with Gasteiger partial charge in [0.05, 0.1) is 33.5 Å².